The van der Waals surface area contributed by atoms with E-state index >= 15 is 0 Å². The first kappa shape index (κ1) is 19.6. The molecule has 3 aromatic rings. The number of benzene rings is 3. The molecule has 6 heteroatoms. The molecular formula is C22H20BrN3O2. The number of amides is 1. The first-order chi connectivity index (χ1) is 13.7. The monoisotopic (exact) mass is 437 g/mol. The van der Waals surface area contributed by atoms with Crippen molar-refractivity contribution in [1.82, 2.24) is 5.43 Å². The van der Waals surface area contributed by atoms with Crippen LogP contribution in [0.4, 0.5) is 5.69 Å². The minimum atomic E-state index is -0.234. The minimum Gasteiger partial charge on any atom is -0.488 e. The van der Waals surface area contributed by atoms with Crippen molar-refractivity contribution in [2.45, 2.75) is 6.61 Å². The highest BCUT2D eigenvalue weighted by molar-refractivity contribution is 9.10. The molecule has 0 heterocycles. The van der Waals surface area contributed by atoms with Crippen LogP contribution in [0.25, 0.3) is 0 Å². The molecule has 0 aliphatic rings. The van der Waals surface area contributed by atoms with E-state index in [1.54, 1.807) is 6.21 Å². The largest absolute Gasteiger partial charge is 0.488 e. The predicted molar refractivity (Wildman–Crippen MR) is 116 cm³/mol. The van der Waals surface area contributed by atoms with E-state index in [4.69, 9.17) is 4.74 Å². The third-order valence-corrected chi connectivity index (χ3v) is 4.38. The van der Waals surface area contributed by atoms with Crippen LogP contribution in [0.15, 0.2) is 88.4 Å². The lowest BCUT2D eigenvalue weighted by molar-refractivity contribution is -0.119. The Labute approximate surface area is 172 Å². The van der Waals surface area contributed by atoms with Crippen molar-refractivity contribution >= 4 is 33.7 Å². The molecule has 28 heavy (non-hydrogen) atoms. The van der Waals surface area contributed by atoms with Crippen LogP contribution < -0.4 is 15.5 Å². The Morgan fingerprint density at radius 2 is 1.68 bits per heavy atom. The average Bonchev–Trinajstić information content (AvgIpc) is 2.73. The van der Waals surface area contributed by atoms with Gasteiger partial charge in [0.05, 0.1) is 12.8 Å². The molecule has 142 valence electrons. The summed E-state index contributed by atoms with van der Waals surface area (Å²) in [6, 6.07) is 25.1. The lowest BCUT2D eigenvalue weighted by Crippen LogP contribution is -2.25. The third-order valence-electron chi connectivity index (χ3n) is 3.85. The predicted octanol–water partition coefficient (Wildman–Crippen LogP) is 4.59. The summed E-state index contributed by atoms with van der Waals surface area (Å²) >= 11 is 3.38. The van der Waals surface area contributed by atoms with Crippen LogP contribution in [0.2, 0.25) is 0 Å². The van der Waals surface area contributed by atoms with Crippen molar-refractivity contribution in [3.05, 3.63) is 94.5 Å². The lowest BCUT2D eigenvalue weighted by atomic mass is 10.2. The van der Waals surface area contributed by atoms with Crippen molar-refractivity contribution in [3.63, 3.8) is 0 Å². The molecule has 2 N–H and O–H groups in total. The number of anilines is 1. The molecule has 5 nitrogen and oxygen atoms in total. The van der Waals surface area contributed by atoms with E-state index in [2.05, 4.69) is 31.8 Å². The molecule has 0 aromatic heterocycles. The Balaban J connectivity index is 1.50. The van der Waals surface area contributed by atoms with Gasteiger partial charge in [0.1, 0.15) is 12.4 Å². The summed E-state index contributed by atoms with van der Waals surface area (Å²) in [5.41, 5.74) is 5.26. The maximum absolute atomic E-state index is 11.9. The maximum Gasteiger partial charge on any atom is 0.259 e. The zero-order chi connectivity index (χ0) is 19.6. The fraction of sp³-hybridized carbons (Fsp3) is 0.0909. The first-order valence-electron chi connectivity index (χ1n) is 8.78. The normalized spacial score (nSPS) is 10.6. The Morgan fingerprint density at radius 3 is 2.46 bits per heavy atom. The molecule has 0 unspecified atom stereocenters. The zero-order valence-electron chi connectivity index (χ0n) is 15.1. The van der Waals surface area contributed by atoms with Crippen LogP contribution in [-0.2, 0) is 11.4 Å². The summed E-state index contributed by atoms with van der Waals surface area (Å²) in [6.07, 6.45) is 1.58. The second-order valence-electron chi connectivity index (χ2n) is 5.97. The summed E-state index contributed by atoms with van der Waals surface area (Å²) in [5, 5.41) is 7.07. The number of hydrogen-bond donors (Lipinski definition) is 2. The number of para-hydroxylation sites is 1. The van der Waals surface area contributed by atoms with Gasteiger partial charge in [0.2, 0.25) is 0 Å². The number of hydrazone groups is 1. The maximum atomic E-state index is 11.9. The van der Waals surface area contributed by atoms with E-state index in [1.807, 2.05) is 78.9 Å². The molecule has 0 saturated carbocycles. The standard InChI is InChI=1S/C22H20BrN3O2/c23-19-10-12-20(13-11-19)24-15-22(27)26-25-14-18-8-4-5-9-21(18)28-16-17-6-2-1-3-7-17/h1-14,24H,15-16H2,(H,26,27). The Hall–Kier alpha value is -3.12. The second-order valence-corrected chi connectivity index (χ2v) is 6.88. The van der Waals surface area contributed by atoms with Gasteiger partial charge < -0.3 is 10.1 Å². The van der Waals surface area contributed by atoms with Gasteiger partial charge in [0, 0.05) is 15.7 Å². The van der Waals surface area contributed by atoms with Gasteiger partial charge in [-0.25, -0.2) is 5.43 Å². The van der Waals surface area contributed by atoms with Gasteiger partial charge in [-0.1, -0.05) is 58.4 Å². The molecular weight excluding hydrogens is 418 g/mol. The van der Waals surface area contributed by atoms with Gasteiger partial charge in [-0.3, -0.25) is 4.79 Å². The van der Waals surface area contributed by atoms with Gasteiger partial charge in [0.25, 0.3) is 5.91 Å². The molecule has 0 bridgehead atoms. The smallest absolute Gasteiger partial charge is 0.259 e. The average molecular weight is 438 g/mol. The number of carbonyl (C=O) groups is 1. The fourth-order valence-electron chi connectivity index (χ4n) is 2.42. The molecule has 3 rings (SSSR count). The topological polar surface area (TPSA) is 62.7 Å². The van der Waals surface area contributed by atoms with Gasteiger partial charge >= 0.3 is 0 Å². The van der Waals surface area contributed by atoms with E-state index in [0.717, 1.165) is 21.3 Å². The number of hydrogen-bond acceptors (Lipinski definition) is 4. The Morgan fingerprint density at radius 1 is 0.964 bits per heavy atom. The Kier molecular flexibility index (Phi) is 7.21. The zero-order valence-corrected chi connectivity index (χ0v) is 16.7. The summed E-state index contributed by atoms with van der Waals surface area (Å²) in [4.78, 5) is 11.9. The summed E-state index contributed by atoms with van der Waals surface area (Å²) in [6.45, 7) is 0.598. The summed E-state index contributed by atoms with van der Waals surface area (Å²) < 4.78 is 6.86. The minimum absolute atomic E-state index is 0.130. The highest BCUT2D eigenvalue weighted by Gasteiger charge is 2.03. The quantitative estimate of drug-likeness (QED) is 0.400. The van der Waals surface area contributed by atoms with Crippen molar-refractivity contribution in [1.29, 1.82) is 0 Å². The van der Waals surface area contributed by atoms with Gasteiger partial charge in [-0.2, -0.15) is 5.10 Å². The molecule has 0 radical (unpaired) electrons. The van der Waals surface area contributed by atoms with E-state index in [0.29, 0.717) is 12.4 Å². The SMILES string of the molecule is O=C(CNc1ccc(Br)cc1)NN=Cc1ccccc1OCc1ccccc1. The molecule has 3 aromatic carbocycles. The van der Waals surface area contributed by atoms with Crippen LogP contribution in [0.1, 0.15) is 11.1 Å². The first-order valence-corrected chi connectivity index (χ1v) is 9.57. The van der Waals surface area contributed by atoms with Crippen LogP contribution >= 0.6 is 15.9 Å². The van der Waals surface area contributed by atoms with Crippen molar-refractivity contribution in [3.8, 4) is 5.75 Å². The van der Waals surface area contributed by atoms with E-state index in [1.165, 1.54) is 0 Å². The molecule has 0 spiro atoms. The van der Waals surface area contributed by atoms with E-state index < -0.39 is 0 Å². The van der Waals surface area contributed by atoms with Crippen molar-refractivity contribution in [2.24, 2.45) is 5.10 Å². The van der Waals surface area contributed by atoms with Gasteiger partial charge in [-0.05, 0) is 42.0 Å². The molecule has 0 fully saturated rings. The molecule has 0 atom stereocenters. The van der Waals surface area contributed by atoms with Crippen molar-refractivity contribution in [2.75, 3.05) is 11.9 Å². The lowest BCUT2D eigenvalue weighted by Gasteiger charge is -2.09. The fourth-order valence-corrected chi connectivity index (χ4v) is 2.68. The van der Waals surface area contributed by atoms with E-state index in [9.17, 15) is 4.79 Å². The van der Waals surface area contributed by atoms with Gasteiger partial charge in [-0.15, -0.1) is 0 Å². The number of ether oxygens (including phenoxy) is 1. The Bertz CT molecular complexity index is 928. The highest BCUT2D eigenvalue weighted by atomic mass is 79.9. The van der Waals surface area contributed by atoms with Crippen LogP contribution in [0.3, 0.4) is 0 Å². The molecule has 0 aliphatic heterocycles. The van der Waals surface area contributed by atoms with Crippen LogP contribution in [-0.4, -0.2) is 18.7 Å². The third kappa shape index (κ3) is 6.25. The number of halogens is 1. The number of nitrogens with zero attached hydrogens (tertiary/aromatic N) is 1. The van der Waals surface area contributed by atoms with Crippen LogP contribution in [0, 0.1) is 0 Å². The van der Waals surface area contributed by atoms with Gasteiger partial charge in [0.15, 0.2) is 0 Å². The summed E-state index contributed by atoms with van der Waals surface area (Å²) in [5.74, 6) is 0.471. The highest BCUT2D eigenvalue weighted by Crippen LogP contribution is 2.17. The molecule has 0 aliphatic carbocycles. The number of carbonyl (C=O) groups excluding carboxylic acids is 1. The second kappa shape index (κ2) is 10.3. The number of rotatable bonds is 8. The number of nitrogens with one attached hydrogen (secondary N) is 2. The van der Waals surface area contributed by atoms with Crippen LogP contribution in [0.5, 0.6) is 5.75 Å². The van der Waals surface area contributed by atoms with Crippen molar-refractivity contribution < 1.29 is 9.53 Å². The summed E-state index contributed by atoms with van der Waals surface area (Å²) in [7, 11) is 0. The van der Waals surface area contributed by atoms with E-state index in [-0.39, 0.29) is 12.5 Å². The molecule has 0 saturated heterocycles. The molecule has 1 amide bonds.